The third-order valence-electron chi connectivity index (χ3n) is 2.85. The molecule has 0 N–H and O–H groups in total. The highest BCUT2D eigenvalue weighted by atomic mass is 32.2. The fourth-order valence-electron chi connectivity index (χ4n) is 1.77. The molecule has 20 heavy (non-hydrogen) atoms. The Morgan fingerprint density at radius 3 is 2.05 bits per heavy atom. The number of ether oxygens (including phenoxy) is 2. The average Bonchev–Trinajstić information content (AvgIpc) is 2.47. The number of carbonyl (C=O) groups excluding carboxylic acids is 1. The second kappa shape index (κ2) is 6.48. The minimum Gasteiger partial charge on any atom is -0.493 e. The molecule has 0 aliphatic carbocycles. The van der Waals surface area contributed by atoms with E-state index in [-0.39, 0.29) is 5.78 Å². The normalized spacial score (nSPS) is 10.2. The predicted octanol–water partition coefficient (Wildman–Crippen LogP) is 4.06. The lowest BCUT2D eigenvalue weighted by Gasteiger charge is -2.09. The zero-order chi connectivity index (χ0) is 14.5. The molecule has 104 valence electrons. The summed E-state index contributed by atoms with van der Waals surface area (Å²) < 4.78 is 10.5. The largest absolute Gasteiger partial charge is 0.493 e. The molecule has 4 heteroatoms. The van der Waals surface area contributed by atoms with Crippen molar-refractivity contribution >= 4 is 17.5 Å². The van der Waals surface area contributed by atoms with E-state index < -0.39 is 0 Å². The molecule has 2 rings (SSSR count). The first kappa shape index (κ1) is 14.5. The maximum atomic E-state index is 11.2. The van der Waals surface area contributed by atoms with Crippen molar-refractivity contribution in [2.45, 2.75) is 16.7 Å². The lowest BCUT2D eigenvalue weighted by molar-refractivity contribution is 0.101. The topological polar surface area (TPSA) is 35.5 Å². The molecule has 0 saturated carbocycles. The van der Waals surface area contributed by atoms with Crippen molar-refractivity contribution in [2.75, 3.05) is 14.2 Å². The van der Waals surface area contributed by atoms with Gasteiger partial charge in [0.05, 0.1) is 14.2 Å². The van der Waals surface area contributed by atoms with E-state index in [0.29, 0.717) is 11.5 Å². The number of benzene rings is 2. The molecule has 2 aromatic carbocycles. The van der Waals surface area contributed by atoms with E-state index in [1.807, 2.05) is 42.5 Å². The van der Waals surface area contributed by atoms with Crippen molar-refractivity contribution in [1.82, 2.24) is 0 Å². The Morgan fingerprint density at radius 1 is 0.900 bits per heavy atom. The highest BCUT2D eigenvalue weighted by molar-refractivity contribution is 7.99. The minimum absolute atomic E-state index is 0.0765. The zero-order valence-corrected chi connectivity index (χ0v) is 12.5. The second-order valence-corrected chi connectivity index (χ2v) is 5.35. The van der Waals surface area contributed by atoms with Gasteiger partial charge in [-0.15, -0.1) is 0 Å². The van der Waals surface area contributed by atoms with E-state index in [1.165, 1.54) is 0 Å². The van der Waals surface area contributed by atoms with Crippen LogP contribution in [-0.2, 0) is 0 Å². The molecule has 0 unspecified atom stereocenters. The Kier molecular flexibility index (Phi) is 4.69. The first-order chi connectivity index (χ1) is 9.63. The Labute approximate surface area is 122 Å². The molecule has 2 aromatic rings. The van der Waals surface area contributed by atoms with Crippen molar-refractivity contribution in [1.29, 1.82) is 0 Å². The van der Waals surface area contributed by atoms with Crippen LogP contribution in [0.3, 0.4) is 0 Å². The summed E-state index contributed by atoms with van der Waals surface area (Å²) in [6.07, 6.45) is 0. The fourth-order valence-corrected chi connectivity index (χ4v) is 2.62. The highest BCUT2D eigenvalue weighted by Gasteiger charge is 2.06. The Hall–Kier alpha value is -1.94. The van der Waals surface area contributed by atoms with E-state index in [2.05, 4.69) is 0 Å². The second-order valence-electron chi connectivity index (χ2n) is 4.20. The molecular weight excluding hydrogens is 272 g/mol. The molecular formula is C16H16O3S. The summed E-state index contributed by atoms with van der Waals surface area (Å²) in [4.78, 5) is 13.4. The lowest BCUT2D eigenvalue weighted by Crippen LogP contribution is -1.91. The molecule has 3 nitrogen and oxygen atoms in total. The maximum absolute atomic E-state index is 11.2. The quantitative estimate of drug-likeness (QED) is 0.777. The van der Waals surface area contributed by atoms with Crippen molar-refractivity contribution in [3.8, 4) is 11.5 Å². The van der Waals surface area contributed by atoms with Gasteiger partial charge in [0, 0.05) is 15.4 Å². The van der Waals surface area contributed by atoms with Crippen LogP contribution < -0.4 is 9.47 Å². The molecule has 0 aromatic heterocycles. The standard InChI is InChI=1S/C16H16O3S/c1-11(17)12-4-6-13(7-5-12)20-14-8-9-15(18-2)16(10-14)19-3/h4-10H,1-3H3. The molecule has 0 radical (unpaired) electrons. The molecule has 0 spiro atoms. The van der Waals surface area contributed by atoms with Gasteiger partial charge in [-0.25, -0.2) is 0 Å². The Balaban J connectivity index is 2.19. The molecule has 0 saturated heterocycles. The molecule has 0 atom stereocenters. The van der Waals surface area contributed by atoms with Gasteiger partial charge in [0.1, 0.15) is 0 Å². The van der Waals surface area contributed by atoms with Gasteiger partial charge in [-0.05, 0) is 37.3 Å². The van der Waals surface area contributed by atoms with Crippen LogP contribution in [-0.4, -0.2) is 20.0 Å². The van der Waals surface area contributed by atoms with Gasteiger partial charge in [0.25, 0.3) is 0 Å². The third-order valence-corrected chi connectivity index (χ3v) is 3.85. The van der Waals surface area contributed by atoms with Crippen molar-refractivity contribution in [3.63, 3.8) is 0 Å². The summed E-state index contributed by atoms with van der Waals surface area (Å²) in [6.45, 7) is 1.57. The highest BCUT2D eigenvalue weighted by Crippen LogP contribution is 2.35. The van der Waals surface area contributed by atoms with Crippen LogP contribution in [0.25, 0.3) is 0 Å². The Bertz CT molecular complexity index is 606. The number of rotatable bonds is 5. The molecule has 0 fully saturated rings. The van der Waals surface area contributed by atoms with Crippen molar-refractivity contribution in [2.24, 2.45) is 0 Å². The number of hydrogen-bond acceptors (Lipinski definition) is 4. The van der Waals surface area contributed by atoms with Crippen LogP contribution in [0.5, 0.6) is 11.5 Å². The molecule has 0 aliphatic heterocycles. The van der Waals surface area contributed by atoms with Crippen LogP contribution >= 0.6 is 11.8 Å². The smallest absolute Gasteiger partial charge is 0.161 e. The van der Waals surface area contributed by atoms with Crippen LogP contribution in [0.2, 0.25) is 0 Å². The number of carbonyl (C=O) groups is 1. The van der Waals surface area contributed by atoms with Gasteiger partial charge in [-0.2, -0.15) is 0 Å². The number of hydrogen-bond donors (Lipinski definition) is 0. The zero-order valence-electron chi connectivity index (χ0n) is 11.7. The number of methoxy groups -OCH3 is 2. The summed E-state index contributed by atoms with van der Waals surface area (Å²) >= 11 is 1.61. The number of ketones is 1. The number of Topliss-reactive ketones (excluding diaryl/α,β-unsaturated/α-hetero) is 1. The van der Waals surface area contributed by atoms with Gasteiger partial charge >= 0.3 is 0 Å². The predicted molar refractivity (Wildman–Crippen MR) is 80.1 cm³/mol. The third kappa shape index (κ3) is 3.33. The molecule has 0 amide bonds. The van der Waals surface area contributed by atoms with Crippen LogP contribution in [0.15, 0.2) is 52.3 Å². The van der Waals surface area contributed by atoms with Crippen LogP contribution in [0.1, 0.15) is 17.3 Å². The Morgan fingerprint density at radius 2 is 1.50 bits per heavy atom. The summed E-state index contributed by atoms with van der Waals surface area (Å²) in [5, 5.41) is 0. The molecule has 0 aliphatic rings. The molecule has 0 heterocycles. The maximum Gasteiger partial charge on any atom is 0.161 e. The van der Waals surface area contributed by atoms with Crippen molar-refractivity contribution < 1.29 is 14.3 Å². The van der Waals surface area contributed by atoms with E-state index in [1.54, 1.807) is 32.9 Å². The van der Waals surface area contributed by atoms with Crippen molar-refractivity contribution in [3.05, 3.63) is 48.0 Å². The monoisotopic (exact) mass is 288 g/mol. The summed E-state index contributed by atoms with van der Waals surface area (Å²) in [5.41, 5.74) is 0.724. The van der Waals surface area contributed by atoms with Crippen LogP contribution in [0, 0.1) is 0 Å². The van der Waals surface area contributed by atoms with E-state index in [0.717, 1.165) is 15.4 Å². The first-order valence-corrected chi connectivity index (χ1v) is 6.96. The average molecular weight is 288 g/mol. The van der Waals surface area contributed by atoms with Gasteiger partial charge in [0.2, 0.25) is 0 Å². The van der Waals surface area contributed by atoms with Crippen LogP contribution in [0.4, 0.5) is 0 Å². The van der Waals surface area contributed by atoms with Gasteiger partial charge in [-0.1, -0.05) is 23.9 Å². The molecule has 0 bridgehead atoms. The summed E-state index contributed by atoms with van der Waals surface area (Å²) in [5.74, 6) is 1.49. The van der Waals surface area contributed by atoms with Gasteiger partial charge in [0.15, 0.2) is 17.3 Å². The first-order valence-electron chi connectivity index (χ1n) is 6.15. The van der Waals surface area contributed by atoms with E-state index in [4.69, 9.17) is 9.47 Å². The summed E-state index contributed by atoms with van der Waals surface area (Å²) in [6, 6.07) is 13.4. The van der Waals surface area contributed by atoms with Gasteiger partial charge in [-0.3, -0.25) is 4.79 Å². The SMILES string of the molecule is COc1ccc(Sc2ccc(C(C)=O)cc2)cc1OC. The fraction of sp³-hybridized carbons (Fsp3) is 0.188. The lowest BCUT2D eigenvalue weighted by atomic mass is 10.2. The van der Waals surface area contributed by atoms with E-state index in [9.17, 15) is 4.79 Å². The summed E-state index contributed by atoms with van der Waals surface area (Å²) in [7, 11) is 3.24. The van der Waals surface area contributed by atoms with E-state index >= 15 is 0 Å². The van der Waals surface area contributed by atoms with Gasteiger partial charge < -0.3 is 9.47 Å². The minimum atomic E-state index is 0.0765.